The smallest absolute Gasteiger partial charge is 0.319 e. The zero-order valence-corrected chi connectivity index (χ0v) is 15.0. The first-order valence-electron chi connectivity index (χ1n) is 9.00. The molecule has 0 bridgehead atoms. The van der Waals surface area contributed by atoms with Gasteiger partial charge in [-0.3, -0.25) is 4.79 Å². The molecule has 3 amide bonds. The second-order valence-corrected chi connectivity index (χ2v) is 7.56. The van der Waals surface area contributed by atoms with Crippen molar-refractivity contribution in [1.82, 2.24) is 5.32 Å². The first-order valence-corrected chi connectivity index (χ1v) is 9.00. The third-order valence-corrected chi connectivity index (χ3v) is 5.14. The predicted octanol–water partition coefficient (Wildman–Crippen LogP) is 3.28. The third-order valence-electron chi connectivity index (χ3n) is 5.14. The molecule has 3 rings (SSSR count). The monoisotopic (exact) mass is 345 g/mol. The Morgan fingerprint density at radius 2 is 1.80 bits per heavy atom. The standard InChI is InChI=1S/C19H27N3O3/c1-13-15(21-17(23)14-6-3-4-7-14)8-5-9-16(13)22-18(24)20-10-19(2)11-25-12-19/h5,8-9,14H,3-4,6-7,10-12H2,1-2H3,(H,21,23)(H2,20,22,24). The van der Waals surface area contributed by atoms with Gasteiger partial charge in [-0.05, 0) is 37.5 Å². The highest BCUT2D eigenvalue weighted by Gasteiger charge is 2.33. The van der Waals surface area contributed by atoms with E-state index in [1.807, 2.05) is 25.1 Å². The number of anilines is 2. The van der Waals surface area contributed by atoms with E-state index in [-0.39, 0.29) is 23.3 Å². The van der Waals surface area contributed by atoms with Crippen LogP contribution in [0.2, 0.25) is 0 Å². The molecule has 1 aromatic carbocycles. The molecule has 1 aliphatic carbocycles. The van der Waals surface area contributed by atoms with Gasteiger partial charge in [0.25, 0.3) is 0 Å². The zero-order chi connectivity index (χ0) is 17.9. The molecule has 2 fully saturated rings. The number of ether oxygens (including phenoxy) is 1. The number of benzene rings is 1. The van der Waals surface area contributed by atoms with Crippen LogP contribution in [0, 0.1) is 18.3 Å². The van der Waals surface area contributed by atoms with E-state index in [0.717, 1.165) is 36.9 Å². The molecule has 0 spiro atoms. The Morgan fingerprint density at radius 1 is 1.16 bits per heavy atom. The van der Waals surface area contributed by atoms with Gasteiger partial charge in [-0.1, -0.05) is 25.8 Å². The largest absolute Gasteiger partial charge is 0.380 e. The van der Waals surface area contributed by atoms with Gasteiger partial charge in [-0.15, -0.1) is 0 Å². The molecule has 1 saturated heterocycles. The Labute approximate surface area is 148 Å². The zero-order valence-electron chi connectivity index (χ0n) is 15.0. The Kier molecular flexibility index (Phi) is 5.27. The fraction of sp³-hybridized carbons (Fsp3) is 0.579. The van der Waals surface area contributed by atoms with Gasteiger partial charge in [0.1, 0.15) is 0 Å². The van der Waals surface area contributed by atoms with Crippen molar-refractivity contribution < 1.29 is 14.3 Å². The molecule has 1 aromatic rings. The van der Waals surface area contributed by atoms with Crippen molar-refractivity contribution in [3.05, 3.63) is 23.8 Å². The maximum absolute atomic E-state index is 12.3. The molecule has 6 heteroatoms. The minimum atomic E-state index is -0.240. The van der Waals surface area contributed by atoms with Gasteiger partial charge in [-0.2, -0.15) is 0 Å². The highest BCUT2D eigenvalue weighted by Crippen LogP contribution is 2.29. The van der Waals surface area contributed by atoms with E-state index < -0.39 is 0 Å². The lowest BCUT2D eigenvalue weighted by molar-refractivity contribution is -0.119. The van der Waals surface area contributed by atoms with Gasteiger partial charge in [0.05, 0.1) is 13.2 Å². The second kappa shape index (κ2) is 7.44. The summed E-state index contributed by atoms with van der Waals surface area (Å²) >= 11 is 0. The summed E-state index contributed by atoms with van der Waals surface area (Å²) in [6.07, 6.45) is 4.19. The minimum absolute atomic E-state index is 0.0312. The first kappa shape index (κ1) is 17.7. The molecule has 136 valence electrons. The summed E-state index contributed by atoms with van der Waals surface area (Å²) in [4.78, 5) is 24.5. The van der Waals surface area contributed by atoms with Gasteiger partial charge in [0.15, 0.2) is 0 Å². The molecule has 0 unspecified atom stereocenters. The maximum atomic E-state index is 12.3. The van der Waals surface area contributed by atoms with Gasteiger partial charge in [0.2, 0.25) is 5.91 Å². The van der Waals surface area contributed by atoms with Crippen LogP contribution in [0.5, 0.6) is 0 Å². The highest BCUT2D eigenvalue weighted by atomic mass is 16.5. The topological polar surface area (TPSA) is 79.5 Å². The van der Waals surface area contributed by atoms with Gasteiger partial charge >= 0.3 is 6.03 Å². The van der Waals surface area contributed by atoms with Gasteiger partial charge in [-0.25, -0.2) is 4.79 Å². The number of hydrogen-bond acceptors (Lipinski definition) is 3. The normalized spacial score (nSPS) is 19.1. The molecule has 25 heavy (non-hydrogen) atoms. The van der Waals surface area contributed by atoms with Crippen molar-refractivity contribution in [1.29, 1.82) is 0 Å². The Balaban J connectivity index is 1.58. The van der Waals surface area contributed by atoms with Crippen LogP contribution in [0.1, 0.15) is 38.2 Å². The SMILES string of the molecule is Cc1c(NC(=O)NCC2(C)COC2)cccc1NC(=O)C1CCCC1. The average molecular weight is 345 g/mol. The van der Waals surface area contributed by atoms with Crippen LogP contribution in [0.4, 0.5) is 16.2 Å². The lowest BCUT2D eigenvalue weighted by Crippen LogP contribution is -2.49. The first-order chi connectivity index (χ1) is 12.0. The summed E-state index contributed by atoms with van der Waals surface area (Å²) in [5.74, 6) is 0.199. The molecule has 0 aromatic heterocycles. The Hall–Kier alpha value is -2.08. The van der Waals surface area contributed by atoms with Crippen LogP contribution < -0.4 is 16.0 Å². The third kappa shape index (κ3) is 4.31. The molecule has 2 aliphatic rings. The number of rotatable bonds is 5. The van der Waals surface area contributed by atoms with Crippen LogP contribution in [0.15, 0.2) is 18.2 Å². The number of nitrogens with one attached hydrogen (secondary N) is 3. The summed E-state index contributed by atoms with van der Waals surface area (Å²) in [6.45, 7) is 5.92. The second-order valence-electron chi connectivity index (χ2n) is 7.56. The van der Waals surface area contributed by atoms with Crippen molar-refractivity contribution in [2.75, 3.05) is 30.4 Å². The van der Waals surface area contributed by atoms with Crippen molar-refractivity contribution in [3.63, 3.8) is 0 Å². The number of carbonyl (C=O) groups is 2. The summed E-state index contributed by atoms with van der Waals surface area (Å²) < 4.78 is 5.19. The predicted molar refractivity (Wildman–Crippen MR) is 97.7 cm³/mol. The molecule has 1 saturated carbocycles. The van der Waals surface area contributed by atoms with Crippen molar-refractivity contribution in [2.24, 2.45) is 11.3 Å². The van der Waals surface area contributed by atoms with Crippen LogP contribution in [0.25, 0.3) is 0 Å². The number of amides is 3. The van der Waals surface area contributed by atoms with E-state index in [4.69, 9.17) is 4.74 Å². The minimum Gasteiger partial charge on any atom is -0.380 e. The van der Waals surface area contributed by atoms with E-state index in [9.17, 15) is 9.59 Å². The van der Waals surface area contributed by atoms with Gasteiger partial charge in [0, 0.05) is 29.3 Å². The van der Waals surface area contributed by atoms with Gasteiger partial charge < -0.3 is 20.7 Å². The van der Waals surface area contributed by atoms with E-state index in [0.29, 0.717) is 25.4 Å². The summed E-state index contributed by atoms with van der Waals surface area (Å²) in [5, 5.41) is 8.77. The summed E-state index contributed by atoms with van der Waals surface area (Å²) in [5.41, 5.74) is 2.36. The van der Waals surface area contributed by atoms with E-state index in [1.165, 1.54) is 0 Å². The number of urea groups is 1. The van der Waals surface area contributed by atoms with Crippen LogP contribution >= 0.6 is 0 Å². The van der Waals surface area contributed by atoms with E-state index >= 15 is 0 Å². The highest BCUT2D eigenvalue weighted by molar-refractivity contribution is 5.96. The molecule has 1 aliphatic heterocycles. The van der Waals surface area contributed by atoms with E-state index in [2.05, 4.69) is 22.9 Å². The molecular formula is C19H27N3O3. The number of hydrogen-bond donors (Lipinski definition) is 3. The quantitative estimate of drug-likeness (QED) is 0.766. The lowest BCUT2D eigenvalue weighted by atomic mass is 9.89. The molecule has 0 radical (unpaired) electrons. The average Bonchev–Trinajstić information content (AvgIpc) is 3.09. The molecular weight excluding hydrogens is 318 g/mol. The Morgan fingerprint density at radius 3 is 2.40 bits per heavy atom. The van der Waals surface area contributed by atoms with Crippen molar-refractivity contribution in [3.8, 4) is 0 Å². The summed E-state index contributed by atoms with van der Waals surface area (Å²) in [7, 11) is 0. The lowest BCUT2D eigenvalue weighted by Gasteiger charge is -2.37. The van der Waals surface area contributed by atoms with Crippen LogP contribution in [0.3, 0.4) is 0 Å². The number of carbonyl (C=O) groups excluding carboxylic acids is 2. The van der Waals surface area contributed by atoms with Crippen LogP contribution in [-0.2, 0) is 9.53 Å². The Bertz CT molecular complexity index is 649. The maximum Gasteiger partial charge on any atom is 0.319 e. The molecule has 1 heterocycles. The van der Waals surface area contributed by atoms with Crippen LogP contribution in [-0.4, -0.2) is 31.7 Å². The fourth-order valence-corrected chi connectivity index (χ4v) is 3.34. The van der Waals surface area contributed by atoms with E-state index in [1.54, 1.807) is 0 Å². The molecule has 3 N–H and O–H groups in total. The molecule has 6 nitrogen and oxygen atoms in total. The summed E-state index contributed by atoms with van der Waals surface area (Å²) in [6, 6.07) is 5.32. The van der Waals surface area contributed by atoms with Crippen molar-refractivity contribution >= 4 is 23.3 Å². The molecule has 0 atom stereocenters. The van der Waals surface area contributed by atoms with Crippen molar-refractivity contribution in [2.45, 2.75) is 39.5 Å². The fourth-order valence-electron chi connectivity index (χ4n) is 3.34.